The summed E-state index contributed by atoms with van der Waals surface area (Å²) in [6, 6.07) is 4.70. The highest BCUT2D eigenvalue weighted by atomic mass is 19.2. The summed E-state index contributed by atoms with van der Waals surface area (Å²) in [6.45, 7) is 4.25. The topological polar surface area (TPSA) is 12.0 Å². The maximum Gasteiger partial charge on any atom is 0.159 e. The summed E-state index contributed by atoms with van der Waals surface area (Å²) in [5.74, 6) is -0.781. The van der Waals surface area contributed by atoms with Crippen LogP contribution >= 0.6 is 0 Å². The highest BCUT2D eigenvalue weighted by Gasteiger charge is 2.22. The second-order valence-corrected chi connectivity index (χ2v) is 5.18. The Bertz CT molecular complexity index is 392. The number of hydrogen-bond donors (Lipinski definition) is 1. The zero-order valence-electron chi connectivity index (χ0n) is 10.3. The van der Waals surface area contributed by atoms with Crippen LogP contribution in [0, 0.1) is 17.6 Å². The summed E-state index contributed by atoms with van der Waals surface area (Å²) in [7, 11) is 0. The van der Waals surface area contributed by atoms with Gasteiger partial charge in [0.25, 0.3) is 0 Å². The van der Waals surface area contributed by atoms with Gasteiger partial charge in [0.05, 0.1) is 0 Å². The monoisotopic (exact) mass is 239 g/mol. The van der Waals surface area contributed by atoms with E-state index in [0.29, 0.717) is 6.04 Å². The SMILES string of the molecule is CC1CCC(NC(C)c2ccc(F)c(F)c2)C1. The molecule has 3 atom stereocenters. The van der Waals surface area contributed by atoms with Crippen LogP contribution in [0.5, 0.6) is 0 Å². The van der Waals surface area contributed by atoms with Crippen LogP contribution in [0.25, 0.3) is 0 Å². The van der Waals surface area contributed by atoms with Crippen LogP contribution in [0.1, 0.15) is 44.7 Å². The molecule has 0 spiro atoms. The van der Waals surface area contributed by atoms with Gasteiger partial charge in [0.15, 0.2) is 11.6 Å². The first-order valence-corrected chi connectivity index (χ1v) is 6.27. The number of hydrogen-bond acceptors (Lipinski definition) is 1. The number of halogens is 2. The first kappa shape index (κ1) is 12.5. The van der Waals surface area contributed by atoms with Crippen molar-refractivity contribution < 1.29 is 8.78 Å². The van der Waals surface area contributed by atoms with Gasteiger partial charge in [0.1, 0.15) is 0 Å². The van der Waals surface area contributed by atoms with Crippen molar-refractivity contribution in [2.45, 2.75) is 45.2 Å². The molecule has 1 aliphatic carbocycles. The second kappa shape index (κ2) is 5.13. The van der Waals surface area contributed by atoms with E-state index in [0.717, 1.165) is 11.5 Å². The molecule has 94 valence electrons. The largest absolute Gasteiger partial charge is 0.307 e. The predicted octanol–water partition coefficient (Wildman–Crippen LogP) is 3.80. The van der Waals surface area contributed by atoms with Gasteiger partial charge < -0.3 is 5.32 Å². The van der Waals surface area contributed by atoms with Gasteiger partial charge in [0.2, 0.25) is 0 Å². The first-order chi connectivity index (χ1) is 8.06. The molecule has 0 bridgehead atoms. The molecule has 3 unspecified atom stereocenters. The molecular weight excluding hydrogens is 220 g/mol. The molecule has 0 radical (unpaired) electrons. The van der Waals surface area contributed by atoms with E-state index in [2.05, 4.69) is 12.2 Å². The molecule has 1 fully saturated rings. The van der Waals surface area contributed by atoms with Gasteiger partial charge in [0, 0.05) is 12.1 Å². The Labute approximate surface area is 101 Å². The van der Waals surface area contributed by atoms with E-state index in [1.54, 1.807) is 6.07 Å². The van der Waals surface area contributed by atoms with Crippen molar-refractivity contribution in [3.63, 3.8) is 0 Å². The third-order valence-electron chi connectivity index (χ3n) is 3.62. The van der Waals surface area contributed by atoms with Crippen molar-refractivity contribution in [3.05, 3.63) is 35.4 Å². The zero-order chi connectivity index (χ0) is 12.4. The van der Waals surface area contributed by atoms with E-state index in [1.165, 1.54) is 31.4 Å². The van der Waals surface area contributed by atoms with Gasteiger partial charge in [-0.15, -0.1) is 0 Å². The molecule has 2 rings (SSSR count). The molecule has 0 saturated heterocycles. The third kappa shape index (κ3) is 3.03. The van der Waals surface area contributed by atoms with E-state index >= 15 is 0 Å². The van der Waals surface area contributed by atoms with E-state index < -0.39 is 11.6 Å². The summed E-state index contributed by atoms with van der Waals surface area (Å²) >= 11 is 0. The normalized spacial score (nSPS) is 26.1. The summed E-state index contributed by atoms with van der Waals surface area (Å²) in [6.07, 6.45) is 3.60. The fourth-order valence-electron chi connectivity index (χ4n) is 2.59. The molecule has 1 aromatic carbocycles. The van der Waals surface area contributed by atoms with E-state index in [1.807, 2.05) is 6.92 Å². The number of nitrogens with one attached hydrogen (secondary N) is 1. The van der Waals surface area contributed by atoms with Crippen LogP contribution in [-0.2, 0) is 0 Å². The Morgan fingerprint density at radius 3 is 2.59 bits per heavy atom. The Balaban J connectivity index is 1.99. The molecule has 0 aliphatic heterocycles. The highest BCUT2D eigenvalue weighted by molar-refractivity contribution is 5.20. The van der Waals surface area contributed by atoms with Gasteiger partial charge in [-0.25, -0.2) is 8.78 Å². The van der Waals surface area contributed by atoms with Crippen LogP contribution in [0.15, 0.2) is 18.2 Å². The lowest BCUT2D eigenvalue weighted by atomic mass is 10.1. The summed E-state index contributed by atoms with van der Waals surface area (Å²) in [5, 5.41) is 3.48. The van der Waals surface area contributed by atoms with Gasteiger partial charge in [-0.05, 0) is 49.8 Å². The van der Waals surface area contributed by atoms with Crippen molar-refractivity contribution in [1.82, 2.24) is 5.32 Å². The minimum atomic E-state index is -0.782. The molecule has 1 aromatic rings. The molecule has 0 amide bonds. The molecule has 17 heavy (non-hydrogen) atoms. The standard InChI is InChI=1S/C14H19F2N/c1-9-3-5-12(7-9)17-10(2)11-4-6-13(15)14(16)8-11/h4,6,8-10,12,17H,3,5,7H2,1-2H3. The van der Waals surface area contributed by atoms with Crippen LogP contribution in [0.2, 0.25) is 0 Å². The minimum absolute atomic E-state index is 0.0698. The van der Waals surface area contributed by atoms with Crippen LogP contribution in [0.4, 0.5) is 8.78 Å². The zero-order valence-corrected chi connectivity index (χ0v) is 10.3. The van der Waals surface area contributed by atoms with E-state index in [-0.39, 0.29) is 6.04 Å². The van der Waals surface area contributed by atoms with Crippen molar-refractivity contribution >= 4 is 0 Å². The lowest BCUT2D eigenvalue weighted by Crippen LogP contribution is -2.29. The summed E-state index contributed by atoms with van der Waals surface area (Å²) < 4.78 is 25.9. The Morgan fingerprint density at radius 2 is 2.00 bits per heavy atom. The van der Waals surface area contributed by atoms with Gasteiger partial charge >= 0.3 is 0 Å². The van der Waals surface area contributed by atoms with Crippen LogP contribution in [0.3, 0.4) is 0 Å². The number of rotatable bonds is 3. The fourth-order valence-corrected chi connectivity index (χ4v) is 2.59. The Kier molecular flexibility index (Phi) is 3.77. The third-order valence-corrected chi connectivity index (χ3v) is 3.62. The smallest absolute Gasteiger partial charge is 0.159 e. The highest BCUT2D eigenvalue weighted by Crippen LogP contribution is 2.27. The van der Waals surface area contributed by atoms with Crippen molar-refractivity contribution in [3.8, 4) is 0 Å². The van der Waals surface area contributed by atoms with Crippen LogP contribution in [-0.4, -0.2) is 6.04 Å². The molecule has 3 heteroatoms. The van der Waals surface area contributed by atoms with Crippen molar-refractivity contribution in [2.24, 2.45) is 5.92 Å². The lowest BCUT2D eigenvalue weighted by molar-refractivity contribution is 0.444. The molecular formula is C14H19F2N. The number of benzene rings is 1. The maximum absolute atomic E-state index is 13.1. The van der Waals surface area contributed by atoms with Gasteiger partial charge in [-0.3, -0.25) is 0 Å². The average Bonchev–Trinajstić information content (AvgIpc) is 2.68. The van der Waals surface area contributed by atoms with Crippen molar-refractivity contribution in [2.75, 3.05) is 0 Å². The molecule has 0 aromatic heterocycles. The summed E-state index contributed by atoms with van der Waals surface area (Å²) in [4.78, 5) is 0. The lowest BCUT2D eigenvalue weighted by Gasteiger charge is -2.20. The second-order valence-electron chi connectivity index (χ2n) is 5.18. The van der Waals surface area contributed by atoms with Crippen molar-refractivity contribution in [1.29, 1.82) is 0 Å². The quantitative estimate of drug-likeness (QED) is 0.846. The van der Waals surface area contributed by atoms with Crippen LogP contribution < -0.4 is 5.32 Å². The Morgan fingerprint density at radius 1 is 1.24 bits per heavy atom. The first-order valence-electron chi connectivity index (χ1n) is 6.27. The average molecular weight is 239 g/mol. The molecule has 1 aliphatic rings. The van der Waals surface area contributed by atoms with Gasteiger partial charge in [-0.2, -0.15) is 0 Å². The van der Waals surface area contributed by atoms with Gasteiger partial charge in [-0.1, -0.05) is 13.0 Å². The minimum Gasteiger partial charge on any atom is -0.307 e. The molecule has 1 nitrogen and oxygen atoms in total. The maximum atomic E-state index is 13.1. The molecule has 1 saturated carbocycles. The predicted molar refractivity (Wildman–Crippen MR) is 64.7 cm³/mol. The Hall–Kier alpha value is -0.960. The summed E-state index contributed by atoms with van der Waals surface area (Å²) in [5.41, 5.74) is 0.809. The molecule has 0 heterocycles. The van der Waals surface area contributed by atoms with E-state index in [9.17, 15) is 8.78 Å². The molecule has 1 N–H and O–H groups in total. The van der Waals surface area contributed by atoms with E-state index in [4.69, 9.17) is 0 Å². The fraction of sp³-hybridized carbons (Fsp3) is 0.571.